The fourth-order valence-corrected chi connectivity index (χ4v) is 3.25. The van der Waals surface area contributed by atoms with Gasteiger partial charge in [-0.15, -0.1) is 0 Å². The molecule has 0 heterocycles. The number of guanidine groups is 1. The zero-order chi connectivity index (χ0) is 21.4. The topological polar surface area (TPSA) is 75.2 Å². The lowest BCUT2D eigenvalue weighted by molar-refractivity contribution is -0.127. The molecule has 0 aromatic heterocycles. The van der Waals surface area contributed by atoms with Crippen LogP contribution < -0.4 is 10.6 Å². The molecule has 0 aliphatic heterocycles. The van der Waals surface area contributed by atoms with Crippen LogP contribution in [-0.2, 0) is 20.9 Å². The number of nitrogens with one attached hydrogen (secondary N) is 2. The molecule has 0 radical (unpaired) electrons. The smallest absolute Gasteiger partial charge is 0.243 e. The maximum atomic E-state index is 11.9. The van der Waals surface area contributed by atoms with Crippen LogP contribution in [0.3, 0.4) is 0 Å². The van der Waals surface area contributed by atoms with Gasteiger partial charge in [-0.2, -0.15) is 0 Å². The summed E-state index contributed by atoms with van der Waals surface area (Å²) in [5, 5.41) is 6.83. The molecular formula is C23H38N4O3. The first-order chi connectivity index (χ1) is 14.6. The van der Waals surface area contributed by atoms with Crippen LogP contribution in [0.15, 0.2) is 35.3 Å². The third kappa shape index (κ3) is 10.6. The average Bonchev–Trinajstić information content (AvgIpc) is 2.77. The van der Waals surface area contributed by atoms with Crippen molar-refractivity contribution in [2.24, 2.45) is 4.99 Å². The third-order valence-corrected chi connectivity index (χ3v) is 5.06. The lowest BCUT2D eigenvalue weighted by Crippen LogP contribution is -2.45. The SMILES string of the molecule is CN(C)C(=O)CN=C(NCCCOCCOCc1ccccc1)NC1CCCCC1. The van der Waals surface area contributed by atoms with Crippen LogP contribution in [0.25, 0.3) is 0 Å². The van der Waals surface area contributed by atoms with Gasteiger partial charge in [0, 0.05) is 33.3 Å². The van der Waals surface area contributed by atoms with Crippen molar-refractivity contribution in [3.63, 3.8) is 0 Å². The molecule has 0 bridgehead atoms. The van der Waals surface area contributed by atoms with E-state index >= 15 is 0 Å². The number of nitrogens with zero attached hydrogens (tertiary/aromatic N) is 2. The highest BCUT2D eigenvalue weighted by Gasteiger charge is 2.15. The van der Waals surface area contributed by atoms with Gasteiger partial charge < -0.3 is 25.0 Å². The molecule has 0 atom stereocenters. The van der Waals surface area contributed by atoms with Crippen molar-refractivity contribution in [1.29, 1.82) is 0 Å². The number of ether oxygens (including phenoxy) is 2. The van der Waals surface area contributed by atoms with Crippen molar-refractivity contribution in [2.75, 3.05) is 47.0 Å². The fourth-order valence-electron chi connectivity index (χ4n) is 3.25. The molecule has 2 N–H and O–H groups in total. The van der Waals surface area contributed by atoms with Gasteiger partial charge in [-0.3, -0.25) is 4.79 Å². The Hall–Kier alpha value is -2.12. The van der Waals surface area contributed by atoms with Gasteiger partial charge >= 0.3 is 0 Å². The van der Waals surface area contributed by atoms with Crippen LogP contribution in [-0.4, -0.2) is 69.8 Å². The minimum atomic E-state index is -0.00131. The molecule has 7 heteroatoms. The molecule has 1 aromatic carbocycles. The van der Waals surface area contributed by atoms with Crippen molar-refractivity contribution >= 4 is 11.9 Å². The molecule has 1 saturated carbocycles. The monoisotopic (exact) mass is 418 g/mol. The van der Waals surface area contributed by atoms with Gasteiger partial charge in [-0.25, -0.2) is 4.99 Å². The molecular weight excluding hydrogens is 380 g/mol. The summed E-state index contributed by atoms with van der Waals surface area (Å²) in [6.45, 7) is 3.36. The molecule has 1 aromatic rings. The lowest BCUT2D eigenvalue weighted by Gasteiger charge is -2.25. The highest BCUT2D eigenvalue weighted by Crippen LogP contribution is 2.17. The van der Waals surface area contributed by atoms with Crippen molar-refractivity contribution in [1.82, 2.24) is 15.5 Å². The Morgan fingerprint density at radius 3 is 2.53 bits per heavy atom. The van der Waals surface area contributed by atoms with Gasteiger partial charge in [0.2, 0.25) is 5.91 Å². The second-order valence-electron chi connectivity index (χ2n) is 7.86. The molecule has 1 aliphatic rings. The Morgan fingerprint density at radius 2 is 1.80 bits per heavy atom. The first-order valence-electron chi connectivity index (χ1n) is 11.1. The summed E-state index contributed by atoms with van der Waals surface area (Å²) in [4.78, 5) is 17.9. The number of aliphatic imine (C=N–C) groups is 1. The molecule has 1 aliphatic carbocycles. The van der Waals surface area contributed by atoms with Crippen LogP contribution in [0.5, 0.6) is 0 Å². The first-order valence-corrected chi connectivity index (χ1v) is 11.1. The number of likely N-dealkylation sites (N-methyl/N-ethyl adjacent to an activating group) is 1. The van der Waals surface area contributed by atoms with Gasteiger partial charge in [0.1, 0.15) is 6.54 Å². The normalized spacial score (nSPS) is 15.1. The number of benzene rings is 1. The largest absolute Gasteiger partial charge is 0.379 e. The van der Waals surface area contributed by atoms with Gasteiger partial charge in [-0.05, 0) is 24.8 Å². The van der Waals surface area contributed by atoms with Crippen LogP contribution in [0.1, 0.15) is 44.1 Å². The van der Waals surface area contributed by atoms with E-state index < -0.39 is 0 Å². The quantitative estimate of drug-likeness (QED) is 0.310. The van der Waals surface area contributed by atoms with E-state index in [1.54, 1.807) is 19.0 Å². The van der Waals surface area contributed by atoms with Crippen molar-refractivity contribution in [3.8, 4) is 0 Å². The fraction of sp³-hybridized carbons (Fsp3) is 0.652. The van der Waals surface area contributed by atoms with Gasteiger partial charge in [-0.1, -0.05) is 49.6 Å². The summed E-state index contributed by atoms with van der Waals surface area (Å²) in [6.07, 6.45) is 7.00. The van der Waals surface area contributed by atoms with Crippen molar-refractivity contribution in [3.05, 3.63) is 35.9 Å². The van der Waals surface area contributed by atoms with Crippen LogP contribution >= 0.6 is 0 Å². The number of hydrogen-bond acceptors (Lipinski definition) is 4. The molecule has 1 amide bonds. The molecule has 1 fully saturated rings. The van der Waals surface area contributed by atoms with Crippen LogP contribution in [0.2, 0.25) is 0 Å². The van der Waals surface area contributed by atoms with Crippen LogP contribution in [0.4, 0.5) is 0 Å². The van der Waals surface area contributed by atoms with E-state index in [4.69, 9.17) is 9.47 Å². The summed E-state index contributed by atoms with van der Waals surface area (Å²) >= 11 is 0. The number of rotatable bonds is 12. The third-order valence-electron chi connectivity index (χ3n) is 5.06. The Balaban J connectivity index is 1.59. The van der Waals surface area contributed by atoms with Crippen molar-refractivity contribution < 1.29 is 14.3 Å². The van der Waals surface area contributed by atoms with Gasteiger partial charge in [0.05, 0.1) is 19.8 Å². The molecule has 30 heavy (non-hydrogen) atoms. The molecule has 0 unspecified atom stereocenters. The molecule has 7 nitrogen and oxygen atoms in total. The maximum absolute atomic E-state index is 11.9. The first kappa shape index (κ1) is 24.2. The summed E-state index contributed by atoms with van der Waals surface area (Å²) in [6, 6.07) is 10.6. The summed E-state index contributed by atoms with van der Waals surface area (Å²) in [5.74, 6) is 0.724. The van der Waals surface area contributed by atoms with Gasteiger partial charge in [0.25, 0.3) is 0 Å². The van der Waals surface area contributed by atoms with E-state index in [0.29, 0.717) is 32.5 Å². The zero-order valence-electron chi connectivity index (χ0n) is 18.6. The Bertz CT molecular complexity index is 616. The predicted octanol–water partition coefficient (Wildman–Crippen LogP) is 2.57. The van der Waals surface area contributed by atoms with Crippen molar-refractivity contribution in [2.45, 2.75) is 51.2 Å². The average molecular weight is 419 g/mol. The predicted molar refractivity (Wildman–Crippen MR) is 121 cm³/mol. The maximum Gasteiger partial charge on any atom is 0.243 e. The Kier molecular flexibility index (Phi) is 11.9. The second kappa shape index (κ2) is 14.8. The van der Waals surface area contributed by atoms with E-state index in [0.717, 1.165) is 31.8 Å². The summed E-state index contributed by atoms with van der Waals surface area (Å²) in [7, 11) is 3.50. The number of carbonyl (C=O) groups is 1. The number of carbonyl (C=O) groups excluding carboxylic acids is 1. The molecule has 168 valence electrons. The summed E-state index contributed by atoms with van der Waals surface area (Å²) < 4.78 is 11.3. The van der Waals surface area contributed by atoms with E-state index in [1.165, 1.54) is 24.8 Å². The van der Waals surface area contributed by atoms with E-state index in [-0.39, 0.29) is 12.5 Å². The lowest BCUT2D eigenvalue weighted by atomic mass is 9.96. The highest BCUT2D eigenvalue weighted by atomic mass is 16.5. The molecule has 0 saturated heterocycles. The van der Waals surface area contributed by atoms with Gasteiger partial charge in [0.15, 0.2) is 5.96 Å². The molecule has 0 spiro atoms. The van der Waals surface area contributed by atoms with E-state index in [2.05, 4.69) is 27.8 Å². The molecule has 2 rings (SSSR count). The Morgan fingerprint density at radius 1 is 1.07 bits per heavy atom. The second-order valence-corrected chi connectivity index (χ2v) is 7.86. The minimum absolute atomic E-state index is 0.00131. The minimum Gasteiger partial charge on any atom is -0.379 e. The zero-order valence-corrected chi connectivity index (χ0v) is 18.6. The van der Waals surface area contributed by atoms with E-state index in [1.807, 2.05) is 18.2 Å². The standard InChI is InChI=1S/C23H38N4O3/c1-27(2)22(28)18-25-23(26-21-12-7-4-8-13-21)24-14-9-15-29-16-17-30-19-20-10-5-3-6-11-20/h3,5-6,10-11,21H,4,7-9,12-19H2,1-2H3,(H2,24,25,26). The highest BCUT2D eigenvalue weighted by molar-refractivity contribution is 5.84. The number of hydrogen-bond donors (Lipinski definition) is 2. The van der Waals surface area contributed by atoms with E-state index in [9.17, 15) is 4.79 Å². The number of amides is 1. The summed E-state index contributed by atoms with van der Waals surface area (Å²) in [5.41, 5.74) is 1.17. The van der Waals surface area contributed by atoms with Crippen LogP contribution in [0, 0.1) is 0 Å². The Labute approximate surface area is 181 Å².